The molecule has 1 saturated heterocycles. The Morgan fingerprint density at radius 3 is 2.22 bits per heavy atom. The van der Waals surface area contributed by atoms with E-state index in [1.165, 1.54) is 0 Å². The maximum Gasteiger partial charge on any atom is 0.266 e. The lowest BCUT2D eigenvalue weighted by Gasteiger charge is -2.40. The number of aliphatic hydroxyl groups excluding tert-OH is 4. The molecular formula is C8H17NO8S. The van der Waals surface area contributed by atoms with Crippen LogP contribution in [0.4, 0.5) is 0 Å². The second-order valence-electron chi connectivity index (χ2n) is 3.99. The van der Waals surface area contributed by atoms with Gasteiger partial charge in [0.05, 0.1) is 12.4 Å². The van der Waals surface area contributed by atoms with Crippen LogP contribution in [0.15, 0.2) is 0 Å². The lowest BCUT2D eigenvalue weighted by atomic mass is 9.98. The lowest BCUT2D eigenvalue weighted by Crippen LogP contribution is -2.62. The largest absolute Gasteiger partial charge is 0.394 e. The molecule has 5 atom stereocenters. The Hall–Kier alpha value is -0.330. The predicted octanol–water partition coefficient (Wildman–Crippen LogP) is -3.74. The summed E-state index contributed by atoms with van der Waals surface area (Å²) in [6.07, 6.45) is -6.69. The van der Waals surface area contributed by atoms with Crippen LogP contribution in [0.3, 0.4) is 0 Å². The fourth-order valence-corrected chi connectivity index (χ4v) is 1.98. The van der Waals surface area contributed by atoms with Gasteiger partial charge in [0.25, 0.3) is 10.1 Å². The van der Waals surface area contributed by atoms with Gasteiger partial charge >= 0.3 is 0 Å². The molecule has 0 aliphatic carbocycles. The van der Waals surface area contributed by atoms with Gasteiger partial charge < -0.3 is 25.2 Å². The van der Waals surface area contributed by atoms with Gasteiger partial charge in [0.15, 0.2) is 0 Å². The molecule has 0 aromatic heterocycles. The Balaban J connectivity index is 2.54. The molecule has 1 aliphatic heterocycles. The first-order valence-electron chi connectivity index (χ1n) is 5.25. The number of ether oxygens (including phenoxy) is 1. The minimum absolute atomic E-state index is 0.221. The van der Waals surface area contributed by atoms with Gasteiger partial charge in [0.2, 0.25) is 0 Å². The highest BCUT2D eigenvalue weighted by Gasteiger charge is 2.43. The fraction of sp³-hybridized carbons (Fsp3) is 1.00. The standard InChI is InChI=1S/C8H17NO8S/c10-3-4-5(11)6(12)7(13)8(17-4)9-1-2-18(14,15)16/h4-13H,1-3H2,(H,14,15,16)/t4-,5-,6+,7-,8?/m1/s1. The summed E-state index contributed by atoms with van der Waals surface area (Å²) in [5.74, 6) is -0.595. The van der Waals surface area contributed by atoms with E-state index in [9.17, 15) is 23.7 Å². The number of hydrogen-bond donors (Lipinski definition) is 6. The van der Waals surface area contributed by atoms with E-state index in [0.29, 0.717) is 0 Å². The third-order valence-corrected chi connectivity index (χ3v) is 3.32. The van der Waals surface area contributed by atoms with Crippen molar-refractivity contribution in [2.75, 3.05) is 18.9 Å². The third kappa shape index (κ3) is 4.10. The van der Waals surface area contributed by atoms with Crippen LogP contribution in [0.2, 0.25) is 0 Å². The SMILES string of the molecule is O=S(=O)(O)CCNC1O[C@H](CO)[C@@H](O)[C@H](O)[C@H]1O. The van der Waals surface area contributed by atoms with Crippen molar-refractivity contribution in [1.29, 1.82) is 0 Å². The molecule has 0 bridgehead atoms. The van der Waals surface area contributed by atoms with E-state index in [-0.39, 0.29) is 6.54 Å². The first-order chi connectivity index (χ1) is 8.26. The molecule has 10 heteroatoms. The second-order valence-corrected chi connectivity index (χ2v) is 5.56. The molecular weight excluding hydrogens is 270 g/mol. The Kier molecular flexibility index (Phi) is 5.43. The molecule has 0 amide bonds. The van der Waals surface area contributed by atoms with E-state index in [1.807, 2.05) is 0 Å². The predicted molar refractivity (Wildman–Crippen MR) is 58.2 cm³/mol. The van der Waals surface area contributed by atoms with Crippen LogP contribution in [0.5, 0.6) is 0 Å². The smallest absolute Gasteiger partial charge is 0.266 e. The topological polar surface area (TPSA) is 157 Å². The average molecular weight is 287 g/mol. The van der Waals surface area contributed by atoms with Crippen molar-refractivity contribution >= 4 is 10.1 Å². The van der Waals surface area contributed by atoms with Crippen LogP contribution < -0.4 is 5.32 Å². The van der Waals surface area contributed by atoms with E-state index in [4.69, 9.17) is 14.4 Å². The van der Waals surface area contributed by atoms with Gasteiger partial charge in [-0.05, 0) is 0 Å². The molecule has 9 nitrogen and oxygen atoms in total. The summed E-state index contributed by atoms with van der Waals surface area (Å²) in [4.78, 5) is 0. The minimum atomic E-state index is -4.15. The van der Waals surface area contributed by atoms with Crippen LogP contribution >= 0.6 is 0 Å². The first kappa shape index (κ1) is 15.7. The van der Waals surface area contributed by atoms with Crippen molar-refractivity contribution in [1.82, 2.24) is 5.32 Å². The summed E-state index contributed by atoms with van der Waals surface area (Å²) >= 11 is 0. The molecule has 1 unspecified atom stereocenters. The zero-order chi connectivity index (χ0) is 13.9. The Morgan fingerprint density at radius 1 is 1.11 bits per heavy atom. The van der Waals surface area contributed by atoms with E-state index in [0.717, 1.165) is 0 Å². The van der Waals surface area contributed by atoms with Crippen molar-refractivity contribution in [2.24, 2.45) is 0 Å². The summed E-state index contributed by atoms with van der Waals surface area (Å²) in [5.41, 5.74) is 0. The quantitative estimate of drug-likeness (QED) is 0.280. The normalized spacial score (nSPS) is 37.7. The molecule has 0 aromatic carbocycles. The van der Waals surface area contributed by atoms with Crippen LogP contribution in [0, 0.1) is 0 Å². The molecule has 6 N–H and O–H groups in total. The fourth-order valence-electron chi connectivity index (χ4n) is 1.60. The van der Waals surface area contributed by atoms with Gasteiger partial charge in [-0.1, -0.05) is 0 Å². The molecule has 108 valence electrons. The zero-order valence-corrected chi connectivity index (χ0v) is 10.2. The maximum atomic E-state index is 10.5. The summed E-state index contributed by atoms with van der Waals surface area (Å²) in [5, 5.41) is 39.8. The zero-order valence-electron chi connectivity index (χ0n) is 9.38. The summed E-state index contributed by atoms with van der Waals surface area (Å²) < 4.78 is 34.5. The van der Waals surface area contributed by atoms with Crippen molar-refractivity contribution in [3.63, 3.8) is 0 Å². The maximum absolute atomic E-state index is 10.5. The summed E-state index contributed by atoms with van der Waals surface area (Å²) in [6.45, 7) is -0.789. The molecule has 1 fully saturated rings. The van der Waals surface area contributed by atoms with Gasteiger partial charge in [0.1, 0.15) is 30.6 Å². The van der Waals surface area contributed by atoms with E-state index >= 15 is 0 Å². The van der Waals surface area contributed by atoms with Crippen molar-refractivity contribution < 1.29 is 38.1 Å². The lowest BCUT2D eigenvalue weighted by molar-refractivity contribution is -0.236. The summed E-state index contributed by atoms with van der Waals surface area (Å²) in [6, 6.07) is 0. The van der Waals surface area contributed by atoms with E-state index in [1.54, 1.807) is 0 Å². The van der Waals surface area contributed by atoms with E-state index < -0.39 is 53.1 Å². The number of aliphatic hydroxyl groups is 4. The molecule has 0 radical (unpaired) electrons. The van der Waals surface area contributed by atoms with Crippen molar-refractivity contribution in [3.05, 3.63) is 0 Å². The molecule has 0 saturated carbocycles. The Bertz CT molecular complexity index is 358. The van der Waals surface area contributed by atoms with Gasteiger partial charge in [-0.3, -0.25) is 9.87 Å². The average Bonchev–Trinajstić information content (AvgIpc) is 2.27. The number of rotatable bonds is 5. The highest BCUT2D eigenvalue weighted by Crippen LogP contribution is 2.19. The van der Waals surface area contributed by atoms with Gasteiger partial charge in [-0.15, -0.1) is 0 Å². The van der Waals surface area contributed by atoms with Crippen molar-refractivity contribution in [3.8, 4) is 0 Å². The molecule has 0 spiro atoms. The number of hydrogen-bond acceptors (Lipinski definition) is 8. The molecule has 1 rings (SSSR count). The minimum Gasteiger partial charge on any atom is -0.394 e. The third-order valence-electron chi connectivity index (χ3n) is 2.60. The van der Waals surface area contributed by atoms with E-state index in [2.05, 4.69) is 5.32 Å². The van der Waals surface area contributed by atoms with Crippen LogP contribution in [0.1, 0.15) is 0 Å². The number of nitrogens with one attached hydrogen (secondary N) is 1. The Morgan fingerprint density at radius 2 is 1.72 bits per heavy atom. The van der Waals surface area contributed by atoms with Crippen molar-refractivity contribution in [2.45, 2.75) is 30.6 Å². The monoisotopic (exact) mass is 287 g/mol. The molecule has 18 heavy (non-hydrogen) atoms. The van der Waals surface area contributed by atoms with Gasteiger partial charge in [0, 0.05) is 6.54 Å². The highest BCUT2D eigenvalue weighted by atomic mass is 32.2. The second kappa shape index (κ2) is 6.21. The van der Waals surface area contributed by atoms with Gasteiger partial charge in [-0.2, -0.15) is 8.42 Å². The Labute approximate surface area is 104 Å². The van der Waals surface area contributed by atoms with Gasteiger partial charge in [-0.25, -0.2) is 0 Å². The summed E-state index contributed by atoms with van der Waals surface area (Å²) in [7, 11) is -4.15. The molecule has 1 aliphatic rings. The van der Waals surface area contributed by atoms with Crippen LogP contribution in [-0.2, 0) is 14.9 Å². The van der Waals surface area contributed by atoms with Crippen LogP contribution in [-0.4, -0.2) is 82.9 Å². The first-order valence-corrected chi connectivity index (χ1v) is 6.86. The van der Waals surface area contributed by atoms with Crippen LogP contribution in [0.25, 0.3) is 0 Å². The molecule has 0 aromatic rings. The molecule has 1 heterocycles. The highest BCUT2D eigenvalue weighted by molar-refractivity contribution is 7.85.